The van der Waals surface area contributed by atoms with E-state index in [9.17, 15) is 4.79 Å². The molecule has 7 heteroatoms. The van der Waals surface area contributed by atoms with Gasteiger partial charge in [0.25, 0.3) is 0 Å². The van der Waals surface area contributed by atoms with Crippen molar-refractivity contribution in [2.75, 3.05) is 32.2 Å². The number of benzene rings is 2. The zero-order valence-corrected chi connectivity index (χ0v) is 23.7. The zero-order valence-electron chi connectivity index (χ0n) is 23.7. The van der Waals surface area contributed by atoms with Crippen molar-refractivity contribution in [3.05, 3.63) is 113 Å². The summed E-state index contributed by atoms with van der Waals surface area (Å²) in [6.45, 7) is 2.19. The molecule has 0 bridgehead atoms. The van der Waals surface area contributed by atoms with Gasteiger partial charge in [-0.3, -0.25) is 0 Å². The fourth-order valence-electron chi connectivity index (χ4n) is 7.34. The molecule has 0 fully saturated rings. The number of cyclic esters (lactones) is 1. The van der Waals surface area contributed by atoms with Crippen LogP contribution >= 0.6 is 0 Å². The maximum absolute atomic E-state index is 13.7. The van der Waals surface area contributed by atoms with Crippen molar-refractivity contribution in [3.63, 3.8) is 0 Å². The summed E-state index contributed by atoms with van der Waals surface area (Å²) < 4.78 is 20.3. The Morgan fingerprint density at radius 1 is 0.881 bits per heavy atom. The first kappa shape index (κ1) is 25.0. The van der Waals surface area contributed by atoms with Crippen molar-refractivity contribution < 1.29 is 19.0 Å². The lowest BCUT2D eigenvalue weighted by molar-refractivity contribution is 0.0235. The molecule has 3 aromatic heterocycles. The summed E-state index contributed by atoms with van der Waals surface area (Å²) in [6.07, 6.45) is 7.92. The number of pyridine rings is 2. The zero-order chi connectivity index (χ0) is 28.4. The van der Waals surface area contributed by atoms with E-state index < -0.39 is 11.6 Å². The predicted molar refractivity (Wildman–Crippen MR) is 161 cm³/mol. The Bertz CT molecular complexity index is 1860. The monoisotopic (exact) mass is 557 g/mol. The number of carbonyl (C=O) groups excluding carboxylic acids is 1. The van der Waals surface area contributed by atoms with Crippen molar-refractivity contribution in [2.24, 2.45) is 0 Å². The van der Waals surface area contributed by atoms with Crippen LogP contribution in [-0.2, 0) is 23.2 Å². The maximum atomic E-state index is 13.7. The van der Waals surface area contributed by atoms with Crippen LogP contribution in [0.3, 0.4) is 0 Å². The van der Waals surface area contributed by atoms with Gasteiger partial charge in [0, 0.05) is 58.9 Å². The van der Waals surface area contributed by atoms with Gasteiger partial charge in [0.2, 0.25) is 5.60 Å². The molecule has 2 aromatic carbocycles. The summed E-state index contributed by atoms with van der Waals surface area (Å²) in [7, 11) is 3.33. The fourth-order valence-corrected chi connectivity index (χ4v) is 7.34. The lowest BCUT2D eigenvalue weighted by atomic mass is 9.78. The van der Waals surface area contributed by atoms with Crippen LogP contribution in [0.4, 0.5) is 5.69 Å². The molecule has 6 heterocycles. The van der Waals surface area contributed by atoms with E-state index in [4.69, 9.17) is 14.2 Å². The van der Waals surface area contributed by atoms with Crippen LogP contribution in [0.5, 0.6) is 11.5 Å². The number of hydrogen-bond acceptors (Lipinski definition) is 6. The van der Waals surface area contributed by atoms with E-state index in [1.54, 1.807) is 20.4 Å². The molecular formula is C35H31N3O4. The number of nitrogens with zero attached hydrogens (tertiary/aromatic N) is 3. The van der Waals surface area contributed by atoms with Crippen LogP contribution in [0.1, 0.15) is 51.3 Å². The molecule has 0 N–H and O–H groups in total. The van der Waals surface area contributed by atoms with Gasteiger partial charge in [-0.2, -0.15) is 0 Å². The number of carbonyl (C=O) groups is 1. The van der Waals surface area contributed by atoms with Gasteiger partial charge in [-0.15, -0.1) is 0 Å². The molecule has 0 spiro atoms. The molecule has 3 aliphatic rings. The molecular weight excluding hydrogens is 526 g/mol. The molecule has 0 saturated heterocycles. The van der Waals surface area contributed by atoms with E-state index in [1.807, 2.05) is 48.7 Å². The molecule has 210 valence electrons. The van der Waals surface area contributed by atoms with Crippen LogP contribution in [0.25, 0.3) is 16.6 Å². The Balaban J connectivity index is 1.51. The van der Waals surface area contributed by atoms with Crippen molar-refractivity contribution >= 4 is 17.2 Å². The topological polar surface area (TPSA) is 65.3 Å². The third kappa shape index (κ3) is 3.46. The van der Waals surface area contributed by atoms with Gasteiger partial charge in [-0.1, -0.05) is 12.1 Å². The predicted octanol–water partition coefficient (Wildman–Crippen LogP) is 6.18. The van der Waals surface area contributed by atoms with Gasteiger partial charge >= 0.3 is 5.97 Å². The number of ether oxygens (including phenoxy) is 3. The third-order valence-corrected chi connectivity index (χ3v) is 9.07. The highest BCUT2D eigenvalue weighted by molar-refractivity contribution is 5.95. The van der Waals surface area contributed by atoms with E-state index in [0.29, 0.717) is 17.2 Å². The molecule has 8 rings (SSSR count). The normalized spacial score (nSPS) is 18.9. The smallest absolute Gasteiger partial charge is 0.359 e. The second-order valence-corrected chi connectivity index (χ2v) is 11.3. The van der Waals surface area contributed by atoms with Gasteiger partial charge in [-0.05, 0) is 91.4 Å². The quantitative estimate of drug-likeness (QED) is 0.241. The second-order valence-electron chi connectivity index (χ2n) is 11.3. The summed E-state index contributed by atoms with van der Waals surface area (Å²) in [5.41, 5.74) is 8.39. The van der Waals surface area contributed by atoms with E-state index in [1.165, 1.54) is 16.8 Å². The second kappa shape index (κ2) is 9.38. The Labute approximate surface area is 244 Å². The molecule has 3 aliphatic heterocycles. The minimum atomic E-state index is -1.23. The number of rotatable bonds is 5. The van der Waals surface area contributed by atoms with Crippen LogP contribution in [0.15, 0.2) is 79.1 Å². The molecule has 7 nitrogen and oxygen atoms in total. The maximum Gasteiger partial charge on any atom is 0.359 e. The average Bonchev–Trinajstić information content (AvgIpc) is 3.57. The molecule has 0 amide bonds. The first-order valence-corrected chi connectivity index (χ1v) is 14.6. The molecule has 5 aromatic rings. The minimum absolute atomic E-state index is 0.347. The Kier molecular flexibility index (Phi) is 5.58. The molecule has 0 radical (unpaired) electrons. The van der Waals surface area contributed by atoms with Gasteiger partial charge in [0.05, 0.1) is 19.9 Å². The summed E-state index contributed by atoms with van der Waals surface area (Å²) >= 11 is 0. The first-order chi connectivity index (χ1) is 20.6. The molecule has 1 atom stereocenters. The third-order valence-electron chi connectivity index (χ3n) is 9.07. The number of esters is 1. The Morgan fingerprint density at radius 2 is 1.69 bits per heavy atom. The average molecular weight is 558 g/mol. The summed E-state index contributed by atoms with van der Waals surface area (Å²) in [5.74, 6) is 0.993. The number of aryl methyl sites for hydroxylation is 2. The summed E-state index contributed by atoms with van der Waals surface area (Å²) in [6, 6.07) is 22.5. The van der Waals surface area contributed by atoms with Gasteiger partial charge in [-0.25, -0.2) is 9.78 Å². The van der Waals surface area contributed by atoms with Crippen molar-refractivity contribution in [2.45, 2.75) is 31.3 Å². The number of anilines is 1. The van der Waals surface area contributed by atoms with E-state index in [0.717, 1.165) is 72.2 Å². The van der Waals surface area contributed by atoms with E-state index in [-0.39, 0.29) is 0 Å². The molecule has 1 unspecified atom stereocenters. The van der Waals surface area contributed by atoms with Crippen molar-refractivity contribution in [1.29, 1.82) is 0 Å². The highest BCUT2D eigenvalue weighted by Crippen LogP contribution is 2.53. The Hall–Kier alpha value is -4.78. The minimum Gasteiger partial charge on any atom is -0.497 e. The highest BCUT2D eigenvalue weighted by Gasteiger charge is 2.53. The number of hydrogen-bond donors (Lipinski definition) is 0. The number of fused-ring (bicyclic) bond motifs is 2. The summed E-state index contributed by atoms with van der Waals surface area (Å²) in [5, 5.41) is 0. The van der Waals surface area contributed by atoms with Crippen LogP contribution < -0.4 is 14.4 Å². The van der Waals surface area contributed by atoms with Gasteiger partial charge in [0.15, 0.2) is 5.69 Å². The lowest BCUT2D eigenvalue weighted by Gasteiger charge is -2.39. The first-order valence-electron chi connectivity index (χ1n) is 14.6. The van der Waals surface area contributed by atoms with Gasteiger partial charge < -0.3 is 23.5 Å². The van der Waals surface area contributed by atoms with Gasteiger partial charge in [0.1, 0.15) is 11.5 Å². The van der Waals surface area contributed by atoms with Crippen molar-refractivity contribution in [3.8, 4) is 22.6 Å². The SMILES string of the molecule is COc1ccc(OC)c(-c2cc3ccccn3c2C2(c3cc4c5c(c3)CCCN5CCC4)OC(=O)c3ncccc32)c1. The molecule has 0 aliphatic carbocycles. The van der Waals surface area contributed by atoms with Crippen LogP contribution in [-0.4, -0.2) is 42.7 Å². The number of aromatic nitrogens is 2. The van der Waals surface area contributed by atoms with E-state index >= 15 is 0 Å². The summed E-state index contributed by atoms with van der Waals surface area (Å²) in [4.78, 5) is 20.8. The standard InChI is InChI=1S/C35H31N3O4/c1-40-26-12-13-30(41-2)27(21-26)28-20-25-10-3-4-17-38(25)33(28)35(29-11-5-14-36-31(29)34(39)42-35)24-18-22-8-6-15-37-16-7-9-23(19-24)32(22)37/h3-5,10-14,17-21H,6-9,15-16H2,1-2H3. The molecule has 0 saturated carbocycles. The van der Waals surface area contributed by atoms with E-state index in [2.05, 4.69) is 38.6 Å². The molecule has 42 heavy (non-hydrogen) atoms. The number of methoxy groups -OCH3 is 2. The largest absolute Gasteiger partial charge is 0.497 e. The van der Waals surface area contributed by atoms with Crippen molar-refractivity contribution in [1.82, 2.24) is 9.38 Å². The fraction of sp³-hybridized carbons (Fsp3) is 0.257. The highest BCUT2D eigenvalue weighted by atomic mass is 16.6. The van der Waals surface area contributed by atoms with Crippen LogP contribution in [0, 0.1) is 0 Å². The lowest BCUT2D eigenvalue weighted by Crippen LogP contribution is -2.36. The van der Waals surface area contributed by atoms with Crippen LogP contribution in [0.2, 0.25) is 0 Å². The Morgan fingerprint density at radius 3 is 2.45 bits per heavy atom.